The topological polar surface area (TPSA) is 81.8 Å². The summed E-state index contributed by atoms with van der Waals surface area (Å²) in [5, 5.41) is 13.0. The number of ether oxygens (including phenoxy) is 2. The van der Waals surface area contributed by atoms with E-state index in [-0.39, 0.29) is 17.6 Å². The van der Waals surface area contributed by atoms with E-state index >= 15 is 0 Å². The van der Waals surface area contributed by atoms with Gasteiger partial charge in [0.2, 0.25) is 5.76 Å². The van der Waals surface area contributed by atoms with Crippen molar-refractivity contribution in [2.45, 2.75) is 20.0 Å². The number of carboxylic acid groups (broad SMARTS) is 1. The van der Waals surface area contributed by atoms with E-state index in [9.17, 15) is 4.79 Å². The molecular weight excluding hydrogens is 298 g/mol. The molecule has 0 bridgehead atoms. The molecule has 0 unspecified atom stereocenters. The molecule has 0 spiro atoms. The lowest BCUT2D eigenvalue weighted by molar-refractivity contribution is 0.0652. The minimum absolute atomic E-state index is 0.123. The molecule has 1 aromatic carbocycles. The molecule has 2 rings (SSSR count). The first-order valence-electron chi connectivity index (χ1n) is 6.17. The second kappa shape index (κ2) is 6.05. The Morgan fingerprint density at radius 2 is 2.14 bits per heavy atom. The lowest BCUT2D eigenvalue weighted by Gasteiger charge is -2.17. The van der Waals surface area contributed by atoms with Crippen LogP contribution in [-0.2, 0) is 0 Å². The molecule has 1 aromatic heterocycles. The Balaban J connectivity index is 2.61. The van der Waals surface area contributed by atoms with E-state index in [0.29, 0.717) is 22.1 Å². The molecule has 21 heavy (non-hydrogen) atoms. The number of carbonyl (C=O) groups is 1. The molecule has 0 radical (unpaired) electrons. The first-order chi connectivity index (χ1) is 9.93. The molecule has 0 aliphatic heterocycles. The highest BCUT2D eigenvalue weighted by Gasteiger charge is 2.22. The molecule has 2 aromatic rings. The predicted molar refractivity (Wildman–Crippen MR) is 76.2 cm³/mol. The number of rotatable bonds is 5. The van der Waals surface area contributed by atoms with Crippen LogP contribution >= 0.6 is 11.6 Å². The summed E-state index contributed by atoms with van der Waals surface area (Å²) in [5.74, 6) is -0.619. The summed E-state index contributed by atoms with van der Waals surface area (Å²) in [7, 11) is 1.51. The molecule has 1 heterocycles. The van der Waals surface area contributed by atoms with Gasteiger partial charge in [0.25, 0.3) is 0 Å². The highest BCUT2D eigenvalue weighted by molar-refractivity contribution is 6.33. The monoisotopic (exact) mass is 311 g/mol. The Labute approximate surface area is 126 Å². The van der Waals surface area contributed by atoms with E-state index in [0.717, 1.165) is 0 Å². The van der Waals surface area contributed by atoms with Gasteiger partial charge in [0.05, 0.1) is 23.8 Å². The molecule has 0 amide bonds. The largest absolute Gasteiger partial charge is 0.493 e. The van der Waals surface area contributed by atoms with Crippen molar-refractivity contribution in [2.24, 2.45) is 0 Å². The minimum Gasteiger partial charge on any atom is -0.493 e. The maximum Gasteiger partial charge on any atom is 0.374 e. The van der Waals surface area contributed by atoms with Crippen molar-refractivity contribution in [2.75, 3.05) is 7.11 Å². The van der Waals surface area contributed by atoms with Crippen LogP contribution in [0, 0.1) is 0 Å². The minimum atomic E-state index is -1.21. The number of methoxy groups -OCH3 is 1. The third-order valence-corrected chi connectivity index (χ3v) is 2.94. The number of halogens is 1. The summed E-state index contributed by atoms with van der Waals surface area (Å²) >= 11 is 6.20. The maximum absolute atomic E-state index is 10.9. The Kier molecular flexibility index (Phi) is 4.37. The number of aromatic nitrogens is 1. The van der Waals surface area contributed by atoms with Gasteiger partial charge in [-0.05, 0) is 26.0 Å². The van der Waals surface area contributed by atoms with Crippen molar-refractivity contribution in [3.05, 3.63) is 29.0 Å². The van der Waals surface area contributed by atoms with Gasteiger partial charge in [-0.15, -0.1) is 0 Å². The summed E-state index contributed by atoms with van der Waals surface area (Å²) < 4.78 is 15.8. The van der Waals surface area contributed by atoms with Gasteiger partial charge < -0.3 is 19.1 Å². The number of nitrogens with zero attached hydrogens (tertiary/aromatic N) is 1. The van der Waals surface area contributed by atoms with Gasteiger partial charge >= 0.3 is 5.97 Å². The van der Waals surface area contributed by atoms with Crippen LogP contribution in [0.2, 0.25) is 5.02 Å². The fourth-order valence-electron chi connectivity index (χ4n) is 1.79. The number of hydrogen-bond acceptors (Lipinski definition) is 5. The Hall–Kier alpha value is -2.21. The van der Waals surface area contributed by atoms with Crippen molar-refractivity contribution in [3.8, 4) is 22.8 Å². The molecule has 0 saturated heterocycles. The molecule has 0 aliphatic rings. The fourth-order valence-corrected chi connectivity index (χ4v) is 2.03. The summed E-state index contributed by atoms with van der Waals surface area (Å²) in [4.78, 5) is 10.9. The van der Waals surface area contributed by atoms with Gasteiger partial charge in [0.15, 0.2) is 11.5 Å². The highest BCUT2D eigenvalue weighted by Crippen LogP contribution is 2.43. The van der Waals surface area contributed by atoms with E-state index < -0.39 is 5.97 Å². The SMILES string of the molecule is COc1ccc(Cl)c(-c2cc(C(=O)O)on2)c1OC(C)C. The van der Waals surface area contributed by atoms with Crippen LogP contribution < -0.4 is 9.47 Å². The van der Waals surface area contributed by atoms with E-state index in [1.807, 2.05) is 13.8 Å². The van der Waals surface area contributed by atoms with Gasteiger partial charge in [-0.3, -0.25) is 0 Å². The second-order valence-electron chi connectivity index (χ2n) is 4.50. The predicted octanol–water partition coefficient (Wildman–Crippen LogP) is 3.49. The van der Waals surface area contributed by atoms with Crippen molar-refractivity contribution < 1.29 is 23.9 Å². The molecule has 0 saturated carbocycles. The molecule has 0 aliphatic carbocycles. The number of aromatic carboxylic acids is 1. The first kappa shape index (κ1) is 15.2. The third kappa shape index (κ3) is 3.11. The summed E-state index contributed by atoms with van der Waals surface area (Å²) in [6.45, 7) is 3.71. The van der Waals surface area contributed by atoms with Gasteiger partial charge in [-0.1, -0.05) is 16.8 Å². The number of hydrogen-bond donors (Lipinski definition) is 1. The molecular formula is C14H14ClNO5. The van der Waals surface area contributed by atoms with Gasteiger partial charge in [0.1, 0.15) is 5.69 Å². The summed E-state index contributed by atoms with van der Waals surface area (Å²) in [6.07, 6.45) is -0.123. The van der Waals surface area contributed by atoms with Crippen LogP contribution in [0.4, 0.5) is 0 Å². The zero-order valence-electron chi connectivity index (χ0n) is 11.7. The van der Waals surface area contributed by atoms with Crippen LogP contribution in [0.5, 0.6) is 11.5 Å². The number of benzene rings is 1. The second-order valence-corrected chi connectivity index (χ2v) is 4.91. The van der Waals surface area contributed by atoms with Crippen LogP contribution in [0.1, 0.15) is 24.4 Å². The lowest BCUT2D eigenvalue weighted by Crippen LogP contribution is -2.08. The van der Waals surface area contributed by atoms with Crippen LogP contribution in [0.3, 0.4) is 0 Å². The van der Waals surface area contributed by atoms with Crippen LogP contribution in [0.25, 0.3) is 11.3 Å². The zero-order valence-corrected chi connectivity index (χ0v) is 12.5. The zero-order chi connectivity index (χ0) is 15.6. The summed E-state index contributed by atoms with van der Waals surface area (Å²) in [6, 6.07) is 4.58. The maximum atomic E-state index is 10.9. The molecule has 6 nitrogen and oxygen atoms in total. The van der Waals surface area contributed by atoms with E-state index in [2.05, 4.69) is 5.16 Å². The first-order valence-corrected chi connectivity index (χ1v) is 6.55. The van der Waals surface area contributed by atoms with Crippen LogP contribution in [-0.4, -0.2) is 29.4 Å². The Bertz CT molecular complexity index is 665. The normalized spacial score (nSPS) is 10.7. The molecule has 7 heteroatoms. The van der Waals surface area contributed by atoms with Crippen molar-refractivity contribution in [1.29, 1.82) is 0 Å². The Morgan fingerprint density at radius 1 is 1.43 bits per heavy atom. The Morgan fingerprint density at radius 3 is 2.67 bits per heavy atom. The van der Waals surface area contributed by atoms with E-state index in [4.69, 9.17) is 30.7 Å². The van der Waals surface area contributed by atoms with Crippen molar-refractivity contribution in [3.63, 3.8) is 0 Å². The average molecular weight is 312 g/mol. The fraction of sp³-hybridized carbons (Fsp3) is 0.286. The van der Waals surface area contributed by atoms with E-state index in [1.165, 1.54) is 13.2 Å². The van der Waals surface area contributed by atoms with Crippen molar-refractivity contribution >= 4 is 17.6 Å². The smallest absolute Gasteiger partial charge is 0.374 e. The van der Waals surface area contributed by atoms with Gasteiger partial charge in [-0.2, -0.15) is 0 Å². The van der Waals surface area contributed by atoms with Gasteiger partial charge in [-0.25, -0.2) is 4.79 Å². The van der Waals surface area contributed by atoms with Gasteiger partial charge in [0, 0.05) is 6.07 Å². The highest BCUT2D eigenvalue weighted by atomic mass is 35.5. The third-order valence-electron chi connectivity index (χ3n) is 2.62. The molecule has 1 N–H and O–H groups in total. The quantitative estimate of drug-likeness (QED) is 0.910. The van der Waals surface area contributed by atoms with E-state index in [1.54, 1.807) is 12.1 Å². The van der Waals surface area contributed by atoms with Crippen molar-refractivity contribution in [1.82, 2.24) is 5.16 Å². The summed E-state index contributed by atoms with van der Waals surface area (Å²) in [5.41, 5.74) is 0.702. The standard InChI is InChI=1S/C14H14ClNO5/c1-7(2)20-13-10(19-3)5-4-8(15)12(13)9-6-11(14(17)18)21-16-9/h4-7H,1-3H3,(H,17,18). The molecule has 112 valence electrons. The molecule has 0 fully saturated rings. The van der Waals surface area contributed by atoms with Crippen LogP contribution in [0.15, 0.2) is 22.7 Å². The average Bonchev–Trinajstić information content (AvgIpc) is 2.88. The lowest BCUT2D eigenvalue weighted by atomic mass is 10.1. The number of carboxylic acids is 1. The molecule has 0 atom stereocenters.